The molecule has 0 fully saturated rings. The van der Waals surface area contributed by atoms with Crippen LogP contribution in [0, 0.1) is 5.82 Å². The molecule has 0 unspecified atom stereocenters. The molecule has 0 aliphatic carbocycles. The Labute approximate surface area is 126 Å². The summed E-state index contributed by atoms with van der Waals surface area (Å²) in [6.07, 6.45) is 4.70. The molecule has 5 nitrogen and oxygen atoms in total. The standard InChI is InChI=1S/C16H13FN4O/c17-15-6-4-13(5-7-15)10-22-16-3-1-2-14(8-16)9-20-21-11-18-19-12-21/h1-9,11-12H,10H2/b20-9+. The van der Waals surface area contributed by atoms with E-state index in [1.165, 1.54) is 29.5 Å². The predicted octanol–water partition coefficient (Wildman–Crippen LogP) is 2.88. The van der Waals surface area contributed by atoms with E-state index < -0.39 is 0 Å². The van der Waals surface area contributed by atoms with E-state index >= 15 is 0 Å². The Morgan fingerprint density at radius 2 is 1.86 bits per heavy atom. The highest BCUT2D eigenvalue weighted by Gasteiger charge is 1.98. The van der Waals surface area contributed by atoms with Gasteiger partial charge in [-0.25, -0.2) is 9.07 Å². The molecule has 0 bridgehead atoms. The van der Waals surface area contributed by atoms with E-state index in [1.54, 1.807) is 18.3 Å². The summed E-state index contributed by atoms with van der Waals surface area (Å²) >= 11 is 0. The minimum absolute atomic E-state index is 0.254. The lowest BCUT2D eigenvalue weighted by atomic mass is 10.2. The van der Waals surface area contributed by atoms with Gasteiger partial charge >= 0.3 is 0 Å². The Kier molecular flexibility index (Phi) is 4.20. The van der Waals surface area contributed by atoms with Crippen LogP contribution >= 0.6 is 0 Å². The third kappa shape index (κ3) is 3.76. The average Bonchev–Trinajstić information content (AvgIpc) is 3.06. The number of aromatic nitrogens is 3. The first kappa shape index (κ1) is 13.9. The van der Waals surface area contributed by atoms with Crippen molar-refractivity contribution in [2.24, 2.45) is 5.10 Å². The summed E-state index contributed by atoms with van der Waals surface area (Å²) in [6.45, 7) is 0.381. The van der Waals surface area contributed by atoms with Gasteiger partial charge in [0.1, 0.15) is 30.8 Å². The molecular weight excluding hydrogens is 283 g/mol. The van der Waals surface area contributed by atoms with Crippen molar-refractivity contribution in [1.29, 1.82) is 0 Å². The lowest BCUT2D eigenvalue weighted by Crippen LogP contribution is -1.96. The van der Waals surface area contributed by atoms with E-state index in [1.807, 2.05) is 24.3 Å². The summed E-state index contributed by atoms with van der Waals surface area (Å²) in [5, 5.41) is 11.5. The van der Waals surface area contributed by atoms with E-state index in [-0.39, 0.29) is 5.82 Å². The number of nitrogens with zero attached hydrogens (tertiary/aromatic N) is 4. The molecule has 1 aromatic heterocycles. The first-order valence-electron chi connectivity index (χ1n) is 6.66. The molecule has 6 heteroatoms. The van der Waals surface area contributed by atoms with Gasteiger partial charge in [0.25, 0.3) is 0 Å². The highest BCUT2D eigenvalue weighted by Crippen LogP contribution is 2.14. The van der Waals surface area contributed by atoms with Gasteiger partial charge in [-0.3, -0.25) is 0 Å². The van der Waals surface area contributed by atoms with Crippen molar-refractivity contribution < 1.29 is 9.13 Å². The van der Waals surface area contributed by atoms with Crippen molar-refractivity contribution in [1.82, 2.24) is 14.9 Å². The van der Waals surface area contributed by atoms with E-state index in [0.717, 1.165) is 16.9 Å². The van der Waals surface area contributed by atoms with Gasteiger partial charge in [-0.05, 0) is 35.4 Å². The third-order valence-corrected chi connectivity index (χ3v) is 2.92. The van der Waals surface area contributed by atoms with Crippen LogP contribution in [-0.2, 0) is 6.61 Å². The Balaban J connectivity index is 1.64. The van der Waals surface area contributed by atoms with Crippen molar-refractivity contribution in [3.8, 4) is 5.75 Å². The smallest absolute Gasteiger partial charge is 0.141 e. The van der Waals surface area contributed by atoms with Gasteiger partial charge in [-0.1, -0.05) is 24.3 Å². The number of hydrogen-bond acceptors (Lipinski definition) is 4. The number of rotatable bonds is 5. The van der Waals surface area contributed by atoms with Crippen LogP contribution in [-0.4, -0.2) is 21.1 Å². The molecule has 1 heterocycles. The molecule has 0 saturated heterocycles. The molecule has 2 aromatic carbocycles. The zero-order valence-electron chi connectivity index (χ0n) is 11.6. The Morgan fingerprint density at radius 3 is 2.64 bits per heavy atom. The van der Waals surface area contributed by atoms with Crippen LogP contribution < -0.4 is 4.74 Å². The van der Waals surface area contributed by atoms with Gasteiger partial charge in [0.2, 0.25) is 0 Å². The summed E-state index contributed by atoms with van der Waals surface area (Å²) < 4.78 is 20.0. The van der Waals surface area contributed by atoms with Crippen molar-refractivity contribution >= 4 is 6.21 Å². The minimum Gasteiger partial charge on any atom is -0.489 e. The molecule has 22 heavy (non-hydrogen) atoms. The Hall–Kier alpha value is -3.02. The third-order valence-electron chi connectivity index (χ3n) is 2.92. The van der Waals surface area contributed by atoms with E-state index in [2.05, 4.69) is 15.3 Å². The quantitative estimate of drug-likeness (QED) is 0.680. The molecule has 0 aliphatic heterocycles. The molecule has 0 aliphatic rings. The first-order valence-corrected chi connectivity index (χ1v) is 6.66. The summed E-state index contributed by atoms with van der Waals surface area (Å²) in [6, 6.07) is 13.8. The molecule has 3 rings (SSSR count). The summed E-state index contributed by atoms with van der Waals surface area (Å²) in [7, 11) is 0. The van der Waals surface area contributed by atoms with Gasteiger partial charge in [0.15, 0.2) is 0 Å². The molecule has 110 valence electrons. The molecule has 0 atom stereocenters. The maximum absolute atomic E-state index is 12.8. The summed E-state index contributed by atoms with van der Waals surface area (Å²) in [5.74, 6) is 0.466. The fraction of sp³-hybridized carbons (Fsp3) is 0.0625. The molecule has 0 saturated carbocycles. The van der Waals surface area contributed by atoms with Gasteiger partial charge in [-0.2, -0.15) is 5.10 Å². The Bertz CT molecular complexity index is 754. The normalized spacial score (nSPS) is 11.0. The van der Waals surface area contributed by atoms with Crippen LogP contribution in [0.1, 0.15) is 11.1 Å². The van der Waals surface area contributed by atoms with Crippen molar-refractivity contribution in [2.75, 3.05) is 0 Å². The van der Waals surface area contributed by atoms with E-state index in [4.69, 9.17) is 4.74 Å². The van der Waals surface area contributed by atoms with Crippen molar-refractivity contribution in [3.05, 3.63) is 78.1 Å². The molecule has 3 aromatic rings. The topological polar surface area (TPSA) is 52.3 Å². The maximum Gasteiger partial charge on any atom is 0.141 e. The SMILES string of the molecule is Fc1ccc(COc2cccc(/C=N/n3cnnc3)c2)cc1. The number of hydrogen-bond donors (Lipinski definition) is 0. The second-order valence-electron chi connectivity index (χ2n) is 4.57. The number of ether oxygens (including phenoxy) is 1. The van der Waals surface area contributed by atoms with Gasteiger partial charge < -0.3 is 4.74 Å². The molecule has 0 amide bonds. The first-order chi connectivity index (χ1) is 10.8. The molecule has 0 radical (unpaired) electrons. The highest BCUT2D eigenvalue weighted by molar-refractivity contribution is 5.80. The van der Waals surface area contributed by atoms with Crippen molar-refractivity contribution in [3.63, 3.8) is 0 Å². The Morgan fingerprint density at radius 1 is 1.09 bits per heavy atom. The average molecular weight is 296 g/mol. The van der Waals surface area contributed by atoms with Crippen LogP contribution in [0.3, 0.4) is 0 Å². The lowest BCUT2D eigenvalue weighted by Gasteiger charge is -2.06. The van der Waals surface area contributed by atoms with Crippen LogP contribution in [0.4, 0.5) is 4.39 Å². The summed E-state index contributed by atoms with van der Waals surface area (Å²) in [4.78, 5) is 0. The van der Waals surface area contributed by atoms with Crippen molar-refractivity contribution in [2.45, 2.75) is 6.61 Å². The van der Waals surface area contributed by atoms with Crippen LogP contribution in [0.15, 0.2) is 66.3 Å². The molecular formula is C16H13FN4O. The number of halogens is 1. The van der Waals surface area contributed by atoms with Gasteiger partial charge in [0, 0.05) is 0 Å². The maximum atomic E-state index is 12.8. The van der Waals surface area contributed by atoms with E-state index in [9.17, 15) is 4.39 Å². The zero-order valence-corrected chi connectivity index (χ0v) is 11.6. The van der Waals surface area contributed by atoms with Crippen LogP contribution in [0.5, 0.6) is 5.75 Å². The van der Waals surface area contributed by atoms with Crippen LogP contribution in [0.2, 0.25) is 0 Å². The summed E-state index contributed by atoms with van der Waals surface area (Å²) in [5.41, 5.74) is 1.80. The molecule has 0 spiro atoms. The van der Waals surface area contributed by atoms with E-state index in [0.29, 0.717) is 6.61 Å². The zero-order chi connectivity index (χ0) is 15.2. The second kappa shape index (κ2) is 6.62. The highest BCUT2D eigenvalue weighted by atomic mass is 19.1. The monoisotopic (exact) mass is 296 g/mol. The largest absolute Gasteiger partial charge is 0.489 e. The van der Waals surface area contributed by atoms with Gasteiger partial charge in [0.05, 0.1) is 6.21 Å². The van der Waals surface area contributed by atoms with Crippen LogP contribution in [0.25, 0.3) is 0 Å². The van der Waals surface area contributed by atoms with Gasteiger partial charge in [-0.15, -0.1) is 10.2 Å². The predicted molar refractivity (Wildman–Crippen MR) is 80.2 cm³/mol. The fourth-order valence-electron chi connectivity index (χ4n) is 1.82. The fourth-order valence-corrected chi connectivity index (χ4v) is 1.82. The lowest BCUT2D eigenvalue weighted by molar-refractivity contribution is 0.306. The number of benzene rings is 2. The second-order valence-corrected chi connectivity index (χ2v) is 4.57. The minimum atomic E-state index is -0.254. The molecule has 0 N–H and O–H groups in total.